The molecule has 0 aliphatic rings. The van der Waals surface area contributed by atoms with Gasteiger partial charge >= 0.3 is 0 Å². The van der Waals surface area contributed by atoms with Crippen LogP contribution in [-0.4, -0.2) is 25.9 Å². The molecular weight excluding hydrogens is 385 g/mol. The van der Waals surface area contributed by atoms with Crippen LogP contribution in [0.25, 0.3) is 11.5 Å². The highest BCUT2D eigenvalue weighted by atomic mass is 32.2. The van der Waals surface area contributed by atoms with Crippen LogP contribution in [0.1, 0.15) is 12.0 Å². The topological polar surface area (TPSA) is 101 Å². The number of carbonyl (C=O) groups is 1. The van der Waals surface area contributed by atoms with Gasteiger partial charge in [0, 0.05) is 31.3 Å². The second kappa shape index (κ2) is 8.77. The molecule has 0 aliphatic heterocycles. The zero-order valence-corrected chi connectivity index (χ0v) is 15.6. The average Bonchev–Trinajstić information content (AvgIpc) is 3.21. The zero-order chi connectivity index (χ0) is 20.0. The highest BCUT2D eigenvalue weighted by Crippen LogP contribution is 2.21. The largest absolute Gasteiger partial charge is 0.463 e. The third kappa shape index (κ3) is 5.02. The molecule has 2 heterocycles. The van der Waals surface area contributed by atoms with Gasteiger partial charge in [0.1, 0.15) is 11.5 Å². The highest BCUT2D eigenvalue weighted by molar-refractivity contribution is 7.89. The monoisotopic (exact) mass is 403 g/mol. The second-order valence-electron chi connectivity index (χ2n) is 5.87. The molecule has 0 bridgehead atoms. The lowest BCUT2D eigenvalue weighted by Gasteiger charge is -2.09. The summed E-state index contributed by atoms with van der Waals surface area (Å²) < 4.78 is 45.0. The molecule has 2 aromatic heterocycles. The van der Waals surface area contributed by atoms with E-state index in [0.717, 1.165) is 17.7 Å². The van der Waals surface area contributed by atoms with E-state index in [4.69, 9.17) is 4.42 Å². The fourth-order valence-electron chi connectivity index (χ4n) is 2.52. The molecule has 3 aromatic rings. The summed E-state index contributed by atoms with van der Waals surface area (Å²) in [4.78, 5) is 16.1. The Morgan fingerprint density at radius 2 is 2.00 bits per heavy atom. The van der Waals surface area contributed by atoms with E-state index in [1.54, 1.807) is 24.4 Å². The van der Waals surface area contributed by atoms with Gasteiger partial charge in [-0.3, -0.25) is 9.78 Å². The Balaban J connectivity index is 1.52. The maximum absolute atomic E-state index is 13.2. The number of hydrogen-bond donors (Lipinski definition) is 2. The van der Waals surface area contributed by atoms with Crippen LogP contribution in [0.15, 0.2) is 70.3 Å². The minimum Gasteiger partial charge on any atom is -0.463 e. The van der Waals surface area contributed by atoms with E-state index in [1.165, 1.54) is 18.4 Å². The van der Waals surface area contributed by atoms with Crippen molar-refractivity contribution in [2.45, 2.75) is 17.9 Å². The van der Waals surface area contributed by atoms with Crippen LogP contribution in [0.4, 0.5) is 4.39 Å². The maximum atomic E-state index is 13.2. The van der Waals surface area contributed by atoms with Gasteiger partial charge in [0.15, 0.2) is 5.76 Å². The van der Waals surface area contributed by atoms with Crippen molar-refractivity contribution in [2.24, 2.45) is 0 Å². The van der Waals surface area contributed by atoms with Gasteiger partial charge in [-0.05, 0) is 36.4 Å². The lowest BCUT2D eigenvalue weighted by Crippen LogP contribution is -2.30. The van der Waals surface area contributed by atoms with Crippen molar-refractivity contribution in [3.63, 3.8) is 0 Å². The standard InChI is InChI=1S/C19H18FN3O4S/c20-15-5-1-6-16(12-15)28(25,26)23-10-8-18(24)22-13-14-4-2-9-21-19(14)17-7-3-11-27-17/h1-7,9,11-12,23H,8,10,13H2,(H,22,24). The van der Waals surface area contributed by atoms with Crippen molar-refractivity contribution in [2.75, 3.05) is 6.54 Å². The number of pyridine rings is 1. The summed E-state index contributed by atoms with van der Waals surface area (Å²) in [5, 5.41) is 2.72. The molecule has 7 nitrogen and oxygen atoms in total. The number of hydrogen-bond acceptors (Lipinski definition) is 5. The van der Waals surface area contributed by atoms with E-state index in [1.807, 2.05) is 6.07 Å². The Labute approximate surface area is 161 Å². The van der Waals surface area contributed by atoms with Crippen molar-refractivity contribution < 1.29 is 22.0 Å². The second-order valence-corrected chi connectivity index (χ2v) is 7.64. The van der Waals surface area contributed by atoms with Crippen LogP contribution in [0, 0.1) is 5.82 Å². The molecule has 3 rings (SSSR count). The number of rotatable bonds is 8. The fraction of sp³-hybridized carbons (Fsp3) is 0.158. The molecule has 1 amide bonds. The SMILES string of the molecule is O=C(CCNS(=O)(=O)c1cccc(F)c1)NCc1cccnc1-c1ccco1. The average molecular weight is 403 g/mol. The van der Waals surface area contributed by atoms with Gasteiger partial charge < -0.3 is 9.73 Å². The number of nitrogens with one attached hydrogen (secondary N) is 2. The van der Waals surface area contributed by atoms with Crippen LogP contribution in [0.5, 0.6) is 0 Å². The first-order chi connectivity index (χ1) is 13.5. The third-order valence-electron chi connectivity index (χ3n) is 3.87. The molecule has 0 unspecified atom stereocenters. The molecule has 28 heavy (non-hydrogen) atoms. The first-order valence-corrected chi connectivity index (χ1v) is 9.94. The quantitative estimate of drug-likeness (QED) is 0.602. The zero-order valence-electron chi connectivity index (χ0n) is 14.8. The van der Waals surface area contributed by atoms with Gasteiger partial charge in [0.25, 0.3) is 0 Å². The molecule has 2 N–H and O–H groups in total. The number of carbonyl (C=O) groups excluding carboxylic acids is 1. The van der Waals surface area contributed by atoms with Gasteiger partial charge in [-0.25, -0.2) is 17.5 Å². The molecule has 0 radical (unpaired) electrons. The van der Waals surface area contributed by atoms with Gasteiger partial charge in [0.2, 0.25) is 15.9 Å². The lowest BCUT2D eigenvalue weighted by atomic mass is 10.1. The molecule has 1 aromatic carbocycles. The summed E-state index contributed by atoms with van der Waals surface area (Å²) in [5.74, 6) is -0.395. The molecule has 0 fully saturated rings. The number of aromatic nitrogens is 1. The van der Waals surface area contributed by atoms with E-state index >= 15 is 0 Å². The minimum absolute atomic E-state index is 0.0646. The predicted molar refractivity (Wildman–Crippen MR) is 100.0 cm³/mol. The van der Waals surface area contributed by atoms with Gasteiger partial charge in [-0.15, -0.1) is 0 Å². The summed E-state index contributed by atoms with van der Waals surface area (Å²) in [7, 11) is -3.87. The summed E-state index contributed by atoms with van der Waals surface area (Å²) in [6.07, 6.45) is 3.10. The van der Waals surface area contributed by atoms with Crippen LogP contribution in [-0.2, 0) is 21.4 Å². The third-order valence-corrected chi connectivity index (χ3v) is 5.33. The van der Waals surface area contributed by atoms with Crippen LogP contribution in [0.3, 0.4) is 0 Å². The molecule has 0 saturated heterocycles. The van der Waals surface area contributed by atoms with Crippen molar-refractivity contribution in [1.82, 2.24) is 15.0 Å². The van der Waals surface area contributed by atoms with E-state index in [2.05, 4.69) is 15.0 Å². The predicted octanol–water partition coefficient (Wildman–Crippen LogP) is 2.47. The van der Waals surface area contributed by atoms with Crippen molar-refractivity contribution in [3.8, 4) is 11.5 Å². The molecular formula is C19H18FN3O4S. The molecule has 0 spiro atoms. The van der Waals surface area contributed by atoms with E-state index in [0.29, 0.717) is 11.5 Å². The summed E-state index contributed by atoms with van der Waals surface area (Å²) in [6, 6.07) is 11.7. The molecule has 0 saturated carbocycles. The van der Waals surface area contributed by atoms with E-state index in [-0.39, 0.29) is 30.3 Å². The smallest absolute Gasteiger partial charge is 0.240 e. The molecule has 0 aliphatic carbocycles. The van der Waals surface area contributed by atoms with Gasteiger partial charge in [-0.1, -0.05) is 12.1 Å². The summed E-state index contributed by atoms with van der Waals surface area (Å²) in [6.45, 7) is 0.113. The lowest BCUT2D eigenvalue weighted by molar-refractivity contribution is -0.121. The highest BCUT2D eigenvalue weighted by Gasteiger charge is 2.15. The molecule has 146 valence electrons. The minimum atomic E-state index is -3.87. The normalized spacial score (nSPS) is 11.3. The first kappa shape index (κ1) is 19.7. The molecule has 9 heteroatoms. The van der Waals surface area contributed by atoms with E-state index < -0.39 is 15.8 Å². The number of amides is 1. The summed E-state index contributed by atoms with van der Waals surface area (Å²) in [5.41, 5.74) is 1.39. The Kier molecular flexibility index (Phi) is 6.17. The van der Waals surface area contributed by atoms with Crippen molar-refractivity contribution >= 4 is 15.9 Å². The van der Waals surface area contributed by atoms with Gasteiger partial charge in [-0.2, -0.15) is 0 Å². The number of nitrogens with zero attached hydrogens (tertiary/aromatic N) is 1. The number of furan rings is 1. The number of halogens is 1. The Morgan fingerprint density at radius 3 is 2.75 bits per heavy atom. The molecule has 0 atom stereocenters. The van der Waals surface area contributed by atoms with Crippen LogP contribution >= 0.6 is 0 Å². The number of sulfonamides is 1. The van der Waals surface area contributed by atoms with Crippen molar-refractivity contribution in [1.29, 1.82) is 0 Å². The Hall–Kier alpha value is -3.04. The first-order valence-electron chi connectivity index (χ1n) is 8.45. The maximum Gasteiger partial charge on any atom is 0.240 e. The van der Waals surface area contributed by atoms with Crippen LogP contribution < -0.4 is 10.0 Å². The Bertz CT molecular complexity index is 1050. The van der Waals surface area contributed by atoms with Crippen molar-refractivity contribution in [3.05, 3.63) is 72.4 Å². The van der Waals surface area contributed by atoms with E-state index in [9.17, 15) is 17.6 Å². The fourth-order valence-corrected chi connectivity index (χ4v) is 3.58. The summed E-state index contributed by atoms with van der Waals surface area (Å²) >= 11 is 0. The van der Waals surface area contributed by atoms with Gasteiger partial charge in [0.05, 0.1) is 11.2 Å². The van der Waals surface area contributed by atoms with Crippen LogP contribution in [0.2, 0.25) is 0 Å². The number of benzene rings is 1. The Morgan fingerprint density at radius 1 is 1.14 bits per heavy atom.